The lowest BCUT2D eigenvalue weighted by Crippen LogP contribution is -2.44. The van der Waals surface area contributed by atoms with Crippen LogP contribution in [-0.4, -0.2) is 62.4 Å². The maximum absolute atomic E-state index is 12.8. The standard InChI is InChI=1S/C21H32N2O3/c1-23(15-21(16-24)8-11-26-12-9-21)20(25)19-6-4-17(5-7-19)13-18-3-2-10-22-14-18/h4-7,18,22,24H,2-3,8-16H2,1H3/t18-/m0/s1. The number of carbonyl (C=O) groups excluding carboxylic acids is 1. The summed E-state index contributed by atoms with van der Waals surface area (Å²) in [7, 11) is 1.83. The zero-order valence-electron chi connectivity index (χ0n) is 15.9. The molecule has 0 saturated carbocycles. The van der Waals surface area contributed by atoms with Gasteiger partial charge in [-0.25, -0.2) is 0 Å². The monoisotopic (exact) mass is 360 g/mol. The van der Waals surface area contributed by atoms with E-state index in [4.69, 9.17) is 4.74 Å². The summed E-state index contributed by atoms with van der Waals surface area (Å²) >= 11 is 0. The molecule has 1 atom stereocenters. The Balaban J connectivity index is 1.58. The molecule has 2 N–H and O–H groups in total. The number of aliphatic hydroxyl groups is 1. The largest absolute Gasteiger partial charge is 0.396 e. The summed E-state index contributed by atoms with van der Waals surface area (Å²) in [4.78, 5) is 14.5. The van der Waals surface area contributed by atoms with E-state index >= 15 is 0 Å². The van der Waals surface area contributed by atoms with Crippen molar-refractivity contribution in [1.29, 1.82) is 0 Å². The number of hydrogen-bond acceptors (Lipinski definition) is 4. The Morgan fingerprint density at radius 2 is 2.04 bits per heavy atom. The molecule has 0 aliphatic carbocycles. The molecule has 0 bridgehead atoms. The maximum Gasteiger partial charge on any atom is 0.253 e. The summed E-state index contributed by atoms with van der Waals surface area (Å²) in [5.41, 5.74) is 1.80. The topological polar surface area (TPSA) is 61.8 Å². The second-order valence-corrected chi connectivity index (χ2v) is 8.05. The Labute approximate surface area is 156 Å². The van der Waals surface area contributed by atoms with Gasteiger partial charge in [0, 0.05) is 37.8 Å². The third kappa shape index (κ3) is 4.84. The van der Waals surface area contributed by atoms with Crippen molar-refractivity contribution in [1.82, 2.24) is 10.2 Å². The average Bonchev–Trinajstić information content (AvgIpc) is 2.69. The quantitative estimate of drug-likeness (QED) is 0.815. The lowest BCUT2D eigenvalue weighted by Gasteiger charge is -2.38. The number of amides is 1. The Hall–Kier alpha value is -1.43. The third-order valence-electron chi connectivity index (χ3n) is 5.93. The van der Waals surface area contributed by atoms with E-state index in [1.54, 1.807) is 4.90 Å². The van der Waals surface area contributed by atoms with Gasteiger partial charge in [-0.2, -0.15) is 0 Å². The molecular formula is C21H32N2O3. The Kier molecular flexibility index (Phi) is 6.68. The van der Waals surface area contributed by atoms with Crippen LogP contribution in [0.25, 0.3) is 0 Å². The van der Waals surface area contributed by atoms with Crippen LogP contribution < -0.4 is 5.32 Å². The maximum atomic E-state index is 12.8. The molecule has 5 nitrogen and oxygen atoms in total. The molecule has 1 amide bonds. The van der Waals surface area contributed by atoms with Crippen LogP contribution in [0.4, 0.5) is 0 Å². The zero-order valence-corrected chi connectivity index (χ0v) is 15.9. The van der Waals surface area contributed by atoms with Gasteiger partial charge in [-0.3, -0.25) is 4.79 Å². The van der Waals surface area contributed by atoms with Crippen LogP contribution >= 0.6 is 0 Å². The first-order chi connectivity index (χ1) is 12.6. The molecule has 5 heteroatoms. The first-order valence-corrected chi connectivity index (χ1v) is 9.86. The molecule has 0 radical (unpaired) electrons. The van der Waals surface area contributed by atoms with Gasteiger partial charge in [0.2, 0.25) is 0 Å². The smallest absolute Gasteiger partial charge is 0.253 e. The second kappa shape index (κ2) is 8.98. The van der Waals surface area contributed by atoms with E-state index < -0.39 is 0 Å². The second-order valence-electron chi connectivity index (χ2n) is 8.05. The molecule has 2 aliphatic rings. The van der Waals surface area contributed by atoms with Crippen molar-refractivity contribution in [2.45, 2.75) is 32.1 Å². The minimum Gasteiger partial charge on any atom is -0.396 e. The highest BCUT2D eigenvalue weighted by Gasteiger charge is 2.34. The highest BCUT2D eigenvalue weighted by atomic mass is 16.5. The highest BCUT2D eigenvalue weighted by Crippen LogP contribution is 2.31. The molecule has 0 spiro atoms. The number of nitrogens with one attached hydrogen (secondary N) is 1. The van der Waals surface area contributed by atoms with Crippen LogP contribution in [0.3, 0.4) is 0 Å². The Morgan fingerprint density at radius 1 is 1.31 bits per heavy atom. The number of nitrogens with zero attached hydrogens (tertiary/aromatic N) is 1. The zero-order chi connectivity index (χ0) is 18.4. The van der Waals surface area contributed by atoms with Gasteiger partial charge in [-0.1, -0.05) is 12.1 Å². The number of benzene rings is 1. The molecule has 144 valence electrons. The van der Waals surface area contributed by atoms with E-state index in [9.17, 15) is 9.90 Å². The number of rotatable bonds is 6. The van der Waals surface area contributed by atoms with E-state index in [2.05, 4.69) is 17.4 Å². The lowest BCUT2D eigenvalue weighted by atomic mass is 9.80. The van der Waals surface area contributed by atoms with E-state index in [0.29, 0.717) is 25.7 Å². The van der Waals surface area contributed by atoms with Gasteiger partial charge >= 0.3 is 0 Å². The van der Waals surface area contributed by atoms with Crippen molar-refractivity contribution in [3.8, 4) is 0 Å². The normalized spacial score (nSPS) is 22.8. The summed E-state index contributed by atoms with van der Waals surface area (Å²) in [6.07, 6.45) is 5.21. The van der Waals surface area contributed by atoms with Gasteiger partial charge in [0.1, 0.15) is 0 Å². The van der Waals surface area contributed by atoms with Crippen molar-refractivity contribution in [3.63, 3.8) is 0 Å². The van der Waals surface area contributed by atoms with Crippen molar-refractivity contribution in [3.05, 3.63) is 35.4 Å². The number of ether oxygens (including phenoxy) is 1. The van der Waals surface area contributed by atoms with Crippen molar-refractivity contribution < 1.29 is 14.6 Å². The van der Waals surface area contributed by atoms with Gasteiger partial charge in [0.05, 0.1) is 6.61 Å². The Bertz CT molecular complexity index is 575. The highest BCUT2D eigenvalue weighted by molar-refractivity contribution is 5.94. The van der Waals surface area contributed by atoms with E-state index in [0.717, 1.165) is 37.9 Å². The average molecular weight is 360 g/mol. The molecule has 2 fully saturated rings. The predicted octanol–water partition coefficient (Wildman–Crippen LogP) is 2.09. The molecule has 3 rings (SSSR count). The van der Waals surface area contributed by atoms with Crippen molar-refractivity contribution in [2.75, 3.05) is 46.5 Å². The SMILES string of the molecule is CN(CC1(CO)CCOCC1)C(=O)c1ccc(C[C@@H]2CCCNC2)cc1. The summed E-state index contributed by atoms with van der Waals surface area (Å²) in [6, 6.07) is 8.07. The summed E-state index contributed by atoms with van der Waals surface area (Å²) < 4.78 is 5.41. The predicted molar refractivity (Wildman–Crippen MR) is 102 cm³/mol. The molecule has 0 aromatic heterocycles. The van der Waals surface area contributed by atoms with Crippen LogP contribution in [0, 0.1) is 11.3 Å². The first-order valence-electron chi connectivity index (χ1n) is 9.86. The number of carbonyl (C=O) groups is 1. The summed E-state index contributed by atoms with van der Waals surface area (Å²) in [5.74, 6) is 0.723. The van der Waals surface area contributed by atoms with Gasteiger partial charge in [-0.05, 0) is 68.8 Å². The Morgan fingerprint density at radius 3 is 2.65 bits per heavy atom. The fraction of sp³-hybridized carbons (Fsp3) is 0.667. The van der Waals surface area contributed by atoms with Crippen molar-refractivity contribution >= 4 is 5.91 Å². The number of aliphatic hydroxyl groups excluding tert-OH is 1. The fourth-order valence-electron chi connectivity index (χ4n) is 4.18. The minimum absolute atomic E-state index is 0.0233. The summed E-state index contributed by atoms with van der Waals surface area (Å²) in [5, 5.41) is 13.3. The van der Waals surface area contributed by atoms with Crippen LogP contribution in [0.1, 0.15) is 41.6 Å². The first kappa shape index (κ1) is 19.3. The van der Waals surface area contributed by atoms with Gasteiger partial charge in [-0.15, -0.1) is 0 Å². The van der Waals surface area contributed by atoms with Gasteiger partial charge < -0.3 is 20.1 Å². The van der Waals surface area contributed by atoms with Crippen LogP contribution in [0.2, 0.25) is 0 Å². The lowest BCUT2D eigenvalue weighted by molar-refractivity contribution is -0.0282. The van der Waals surface area contributed by atoms with Crippen molar-refractivity contribution in [2.24, 2.45) is 11.3 Å². The molecule has 26 heavy (non-hydrogen) atoms. The van der Waals surface area contributed by atoms with Crippen LogP contribution in [0.5, 0.6) is 0 Å². The van der Waals surface area contributed by atoms with E-state index in [1.807, 2.05) is 19.2 Å². The molecular weight excluding hydrogens is 328 g/mol. The molecule has 0 unspecified atom stereocenters. The minimum atomic E-state index is -0.226. The van der Waals surface area contributed by atoms with Crippen LogP contribution in [0.15, 0.2) is 24.3 Å². The van der Waals surface area contributed by atoms with Gasteiger partial charge in [0.25, 0.3) is 5.91 Å². The fourth-order valence-corrected chi connectivity index (χ4v) is 4.18. The molecule has 2 aliphatic heterocycles. The molecule has 1 aromatic carbocycles. The van der Waals surface area contributed by atoms with Crippen LogP contribution in [-0.2, 0) is 11.2 Å². The van der Waals surface area contributed by atoms with E-state index in [1.165, 1.54) is 18.4 Å². The number of piperidine rings is 1. The van der Waals surface area contributed by atoms with Gasteiger partial charge in [0.15, 0.2) is 0 Å². The summed E-state index contributed by atoms with van der Waals surface area (Å²) in [6.45, 7) is 4.22. The molecule has 2 saturated heterocycles. The molecule has 2 heterocycles. The van der Waals surface area contributed by atoms with E-state index in [-0.39, 0.29) is 17.9 Å². The molecule has 1 aromatic rings. The number of hydrogen-bond donors (Lipinski definition) is 2. The third-order valence-corrected chi connectivity index (χ3v) is 5.93.